The van der Waals surface area contributed by atoms with Crippen molar-refractivity contribution in [3.8, 4) is 0 Å². The highest BCUT2D eigenvalue weighted by molar-refractivity contribution is 9.10. The molecule has 0 fully saturated rings. The van der Waals surface area contributed by atoms with Crippen LogP contribution in [0.2, 0.25) is 0 Å². The highest BCUT2D eigenvalue weighted by Crippen LogP contribution is 2.28. The predicted octanol–water partition coefficient (Wildman–Crippen LogP) is 4.13. The van der Waals surface area contributed by atoms with Crippen molar-refractivity contribution in [2.24, 2.45) is 0 Å². The van der Waals surface area contributed by atoms with Crippen LogP contribution in [0.5, 0.6) is 0 Å². The van der Waals surface area contributed by atoms with Gasteiger partial charge in [0.05, 0.1) is 10.6 Å². The molecule has 0 heterocycles. The minimum absolute atomic E-state index is 0.0535. The van der Waals surface area contributed by atoms with Crippen LogP contribution in [0.15, 0.2) is 51.8 Å². The smallest absolute Gasteiger partial charge is 0.225 e. The van der Waals surface area contributed by atoms with Crippen molar-refractivity contribution in [1.82, 2.24) is 0 Å². The summed E-state index contributed by atoms with van der Waals surface area (Å²) in [6, 6.07) is 12.4. The van der Waals surface area contributed by atoms with Gasteiger partial charge >= 0.3 is 0 Å². The molecule has 4 nitrogen and oxygen atoms in total. The molecule has 1 amide bonds. The summed E-state index contributed by atoms with van der Waals surface area (Å²) in [6.07, 6.45) is 4.25. The van der Waals surface area contributed by atoms with Gasteiger partial charge in [0.25, 0.3) is 0 Å². The second-order valence-corrected chi connectivity index (χ2v) is 9.25. The van der Waals surface area contributed by atoms with Crippen LogP contribution in [0.3, 0.4) is 0 Å². The van der Waals surface area contributed by atoms with Gasteiger partial charge < -0.3 is 5.32 Å². The van der Waals surface area contributed by atoms with E-state index in [2.05, 4.69) is 27.3 Å². The molecular formula is C19H20BrNO3S. The average Bonchev–Trinajstić information content (AvgIpc) is 2.61. The minimum atomic E-state index is -3.46. The van der Waals surface area contributed by atoms with Gasteiger partial charge in [-0.1, -0.05) is 28.1 Å². The monoisotopic (exact) mass is 421 g/mol. The second kappa shape index (κ2) is 7.70. The molecule has 0 saturated carbocycles. The lowest BCUT2D eigenvalue weighted by Crippen LogP contribution is -2.19. The van der Waals surface area contributed by atoms with E-state index in [9.17, 15) is 13.2 Å². The largest absolute Gasteiger partial charge is 0.326 e. The Morgan fingerprint density at radius 1 is 1.04 bits per heavy atom. The lowest BCUT2D eigenvalue weighted by Gasteiger charge is -2.19. The number of carbonyl (C=O) groups is 1. The van der Waals surface area contributed by atoms with Crippen LogP contribution in [0.1, 0.15) is 30.4 Å². The number of anilines is 1. The van der Waals surface area contributed by atoms with Gasteiger partial charge in [-0.2, -0.15) is 0 Å². The zero-order chi connectivity index (χ0) is 17.9. The van der Waals surface area contributed by atoms with E-state index < -0.39 is 9.84 Å². The van der Waals surface area contributed by atoms with Crippen LogP contribution in [0.25, 0.3) is 0 Å². The molecule has 3 rings (SSSR count). The van der Waals surface area contributed by atoms with Gasteiger partial charge in [-0.3, -0.25) is 4.79 Å². The summed E-state index contributed by atoms with van der Waals surface area (Å²) >= 11 is 3.28. The number of amides is 1. The Balaban J connectivity index is 1.64. The maximum Gasteiger partial charge on any atom is 0.225 e. The van der Waals surface area contributed by atoms with Crippen molar-refractivity contribution < 1.29 is 13.2 Å². The molecule has 0 unspecified atom stereocenters. The highest BCUT2D eigenvalue weighted by atomic mass is 79.9. The number of fused-ring (bicyclic) bond motifs is 1. The van der Waals surface area contributed by atoms with Gasteiger partial charge in [0.1, 0.15) is 0 Å². The number of halogens is 1. The standard InChI is InChI=1S/C19H20BrNO3S/c20-15-8-10-16(11-9-15)25(23,24)13-12-19(22)21-18-7-3-5-14-4-1-2-6-17(14)18/h3,5,7-11H,1-2,4,6,12-13H2,(H,21,22). The number of hydrogen-bond acceptors (Lipinski definition) is 3. The van der Waals surface area contributed by atoms with Crippen LogP contribution in [-0.4, -0.2) is 20.1 Å². The third kappa shape index (κ3) is 4.50. The molecule has 1 aliphatic rings. The quantitative estimate of drug-likeness (QED) is 0.788. The first-order chi connectivity index (χ1) is 12.0. The van der Waals surface area contributed by atoms with E-state index in [0.29, 0.717) is 0 Å². The molecule has 0 aliphatic heterocycles. The van der Waals surface area contributed by atoms with Gasteiger partial charge in [-0.05, 0) is 67.1 Å². The van der Waals surface area contributed by atoms with Gasteiger partial charge in [0.15, 0.2) is 9.84 Å². The zero-order valence-electron chi connectivity index (χ0n) is 13.8. The first-order valence-electron chi connectivity index (χ1n) is 8.35. The molecule has 0 atom stereocenters. The first-order valence-corrected chi connectivity index (χ1v) is 10.8. The number of hydrogen-bond donors (Lipinski definition) is 1. The van der Waals surface area contributed by atoms with Crippen molar-refractivity contribution in [2.75, 3.05) is 11.1 Å². The first kappa shape index (κ1) is 18.1. The van der Waals surface area contributed by atoms with Gasteiger partial charge in [0, 0.05) is 16.6 Å². The Morgan fingerprint density at radius 3 is 2.52 bits per heavy atom. The van der Waals surface area contributed by atoms with Crippen LogP contribution >= 0.6 is 15.9 Å². The fourth-order valence-electron chi connectivity index (χ4n) is 3.10. The Kier molecular flexibility index (Phi) is 5.59. The zero-order valence-corrected chi connectivity index (χ0v) is 16.2. The highest BCUT2D eigenvalue weighted by Gasteiger charge is 2.18. The van der Waals surface area contributed by atoms with E-state index in [4.69, 9.17) is 0 Å². The Labute approximate surface area is 156 Å². The van der Waals surface area contributed by atoms with E-state index in [1.807, 2.05) is 12.1 Å². The van der Waals surface area contributed by atoms with Crippen LogP contribution in [-0.2, 0) is 27.5 Å². The summed E-state index contributed by atoms with van der Waals surface area (Å²) in [5.41, 5.74) is 3.30. The number of nitrogens with one attached hydrogen (secondary N) is 1. The molecule has 25 heavy (non-hydrogen) atoms. The van der Waals surface area contributed by atoms with Crippen molar-refractivity contribution in [1.29, 1.82) is 0 Å². The van der Waals surface area contributed by atoms with Gasteiger partial charge in [-0.15, -0.1) is 0 Å². The summed E-state index contributed by atoms with van der Waals surface area (Å²) in [6.45, 7) is 0. The topological polar surface area (TPSA) is 63.2 Å². The van der Waals surface area contributed by atoms with Gasteiger partial charge in [0.2, 0.25) is 5.91 Å². The summed E-state index contributed by atoms with van der Waals surface area (Å²) < 4.78 is 25.5. The molecule has 0 aromatic heterocycles. The molecule has 0 saturated heterocycles. The average molecular weight is 422 g/mol. The summed E-state index contributed by atoms with van der Waals surface area (Å²) in [4.78, 5) is 12.5. The maximum atomic E-state index is 12.3. The SMILES string of the molecule is O=C(CCS(=O)(=O)c1ccc(Br)cc1)Nc1cccc2c1CCCC2. The van der Waals surface area contributed by atoms with Crippen LogP contribution in [0.4, 0.5) is 5.69 Å². The molecular weight excluding hydrogens is 402 g/mol. The normalized spacial score (nSPS) is 14.0. The molecule has 0 spiro atoms. The number of benzene rings is 2. The maximum absolute atomic E-state index is 12.3. The molecule has 1 aliphatic carbocycles. The van der Waals surface area contributed by atoms with Crippen molar-refractivity contribution in [3.63, 3.8) is 0 Å². The van der Waals surface area contributed by atoms with Crippen LogP contribution in [0, 0.1) is 0 Å². The fraction of sp³-hybridized carbons (Fsp3) is 0.316. The van der Waals surface area contributed by atoms with Crippen molar-refractivity contribution in [3.05, 3.63) is 58.1 Å². The van der Waals surface area contributed by atoms with E-state index >= 15 is 0 Å². The van der Waals surface area contributed by atoms with Crippen LogP contribution < -0.4 is 5.32 Å². The molecule has 132 valence electrons. The van der Waals surface area contributed by atoms with Crippen molar-refractivity contribution in [2.45, 2.75) is 37.0 Å². The molecule has 2 aromatic rings. The second-order valence-electron chi connectivity index (χ2n) is 6.22. The Bertz CT molecular complexity index is 876. The summed E-state index contributed by atoms with van der Waals surface area (Å²) in [5.74, 6) is -0.463. The van der Waals surface area contributed by atoms with E-state index in [-0.39, 0.29) is 23.0 Å². The minimum Gasteiger partial charge on any atom is -0.326 e. The summed E-state index contributed by atoms with van der Waals surface area (Å²) in [5, 5.41) is 2.89. The number of sulfone groups is 1. The molecule has 6 heteroatoms. The van der Waals surface area contributed by atoms with E-state index in [0.717, 1.165) is 29.4 Å². The number of aryl methyl sites for hydroxylation is 1. The molecule has 1 N–H and O–H groups in total. The fourth-order valence-corrected chi connectivity index (χ4v) is 4.60. The van der Waals surface area contributed by atoms with Crippen molar-refractivity contribution >= 4 is 37.4 Å². The molecule has 2 aromatic carbocycles. The molecule has 0 radical (unpaired) electrons. The number of rotatable bonds is 5. The molecule has 0 bridgehead atoms. The van der Waals surface area contributed by atoms with E-state index in [1.54, 1.807) is 24.3 Å². The Morgan fingerprint density at radius 2 is 1.76 bits per heavy atom. The van der Waals surface area contributed by atoms with E-state index in [1.165, 1.54) is 17.5 Å². The third-order valence-corrected chi connectivity index (χ3v) is 6.70. The Hall–Kier alpha value is -1.66. The number of carbonyl (C=O) groups excluding carboxylic acids is 1. The summed E-state index contributed by atoms with van der Waals surface area (Å²) in [7, 11) is -3.46. The lowest BCUT2D eigenvalue weighted by atomic mass is 9.90. The lowest BCUT2D eigenvalue weighted by molar-refractivity contribution is -0.115. The van der Waals surface area contributed by atoms with Gasteiger partial charge in [-0.25, -0.2) is 8.42 Å². The predicted molar refractivity (Wildman–Crippen MR) is 103 cm³/mol. The third-order valence-electron chi connectivity index (χ3n) is 4.44.